The number of hydrogen-bond acceptors (Lipinski definition) is 2. The van der Waals surface area contributed by atoms with Crippen LogP contribution in [0.4, 0.5) is 10.1 Å². The Morgan fingerprint density at radius 3 is 3.00 bits per heavy atom. The number of anilines is 1. The molecule has 18 heavy (non-hydrogen) atoms. The number of halogens is 2. The summed E-state index contributed by atoms with van der Waals surface area (Å²) in [6.07, 6.45) is 4.97. The van der Waals surface area contributed by atoms with E-state index in [0.29, 0.717) is 17.1 Å². The van der Waals surface area contributed by atoms with Crippen LogP contribution in [-0.2, 0) is 0 Å². The lowest BCUT2D eigenvalue weighted by atomic mass is 9.99. The van der Waals surface area contributed by atoms with Crippen molar-refractivity contribution in [2.45, 2.75) is 37.8 Å². The largest absolute Gasteiger partial charge is 0.379 e. The van der Waals surface area contributed by atoms with E-state index in [0.717, 1.165) is 18.7 Å². The molecule has 0 aromatic heterocycles. The molecule has 2 heterocycles. The van der Waals surface area contributed by atoms with Crippen molar-refractivity contribution in [2.75, 3.05) is 18.4 Å². The second-order valence-corrected chi connectivity index (χ2v) is 5.67. The van der Waals surface area contributed by atoms with Gasteiger partial charge in [-0.1, -0.05) is 18.0 Å². The third kappa shape index (κ3) is 2.34. The molecular formula is C14H18ClFN2. The van der Waals surface area contributed by atoms with Gasteiger partial charge in [0.05, 0.1) is 10.7 Å². The number of benzene rings is 1. The second kappa shape index (κ2) is 5.06. The molecule has 1 aromatic rings. The average molecular weight is 269 g/mol. The highest BCUT2D eigenvalue weighted by atomic mass is 35.5. The highest BCUT2D eigenvalue weighted by Gasteiger charge is 2.35. The van der Waals surface area contributed by atoms with E-state index in [-0.39, 0.29) is 5.82 Å². The molecule has 0 bridgehead atoms. The van der Waals surface area contributed by atoms with Crippen molar-refractivity contribution < 1.29 is 4.39 Å². The summed E-state index contributed by atoms with van der Waals surface area (Å²) in [5, 5.41) is 4.04. The number of piperidine rings is 1. The van der Waals surface area contributed by atoms with E-state index >= 15 is 0 Å². The van der Waals surface area contributed by atoms with Gasteiger partial charge in [-0.15, -0.1) is 0 Å². The highest BCUT2D eigenvalue weighted by molar-refractivity contribution is 6.33. The highest BCUT2D eigenvalue weighted by Crippen LogP contribution is 2.31. The molecule has 2 unspecified atom stereocenters. The average Bonchev–Trinajstić information content (AvgIpc) is 2.78. The SMILES string of the molecule is Fc1ccc(Cl)c(NC2CCN3CCCCC23)c1. The zero-order chi connectivity index (χ0) is 12.5. The maximum absolute atomic E-state index is 13.2. The number of fused-ring (bicyclic) bond motifs is 1. The summed E-state index contributed by atoms with van der Waals surface area (Å²) in [4.78, 5) is 2.55. The predicted octanol–water partition coefficient (Wildman–Crippen LogP) is 3.52. The van der Waals surface area contributed by atoms with Crippen molar-refractivity contribution in [3.63, 3.8) is 0 Å². The quantitative estimate of drug-likeness (QED) is 0.883. The van der Waals surface area contributed by atoms with Crippen LogP contribution in [0.15, 0.2) is 18.2 Å². The fourth-order valence-corrected chi connectivity index (χ4v) is 3.40. The zero-order valence-corrected chi connectivity index (χ0v) is 11.1. The van der Waals surface area contributed by atoms with Gasteiger partial charge in [0.2, 0.25) is 0 Å². The van der Waals surface area contributed by atoms with E-state index in [1.807, 2.05) is 0 Å². The molecule has 2 fully saturated rings. The Morgan fingerprint density at radius 2 is 2.11 bits per heavy atom. The molecule has 98 valence electrons. The molecule has 4 heteroatoms. The lowest BCUT2D eigenvalue weighted by molar-refractivity contribution is 0.193. The molecule has 2 atom stereocenters. The number of nitrogens with one attached hydrogen (secondary N) is 1. The monoisotopic (exact) mass is 268 g/mol. The minimum absolute atomic E-state index is 0.236. The Morgan fingerprint density at radius 1 is 1.22 bits per heavy atom. The maximum atomic E-state index is 13.2. The molecule has 1 aromatic carbocycles. The van der Waals surface area contributed by atoms with Crippen molar-refractivity contribution in [3.8, 4) is 0 Å². The van der Waals surface area contributed by atoms with Gasteiger partial charge < -0.3 is 5.32 Å². The Hall–Kier alpha value is -0.800. The first-order valence-electron chi connectivity index (χ1n) is 6.70. The summed E-state index contributed by atoms with van der Waals surface area (Å²) in [5.74, 6) is -0.236. The number of hydrogen-bond donors (Lipinski definition) is 1. The van der Waals surface area contributed by atoms with Gasteiger partial charge in [-0.05, 0) is 44.0 Å². The van der Waals surface area contributed by atoms with Crippen LogP contribution < -0.4 is 5.32 Å². The molecule has 2 nitrogen and oxygen atoms in total. The first-order valence-corrected chi connectivity index (χ1v) is 7.07. The fourth-order valence-electron chi connectivity index (χ4n) is 3.22. The van der Waals surface area contributed by atoms with Crippen molar-refractivity contribution in [1.29, 1.82) is 0 Å². The lowest BCUT2D eigenvalue weighted by Crippen LogP contribution is -2.41. The van der Waals surface area contributed by atoms with Crippen molar-refractivity contribution in [2.24, 2.45) is 0 Å². The first-order chi connectivity index (χ1) is 8.74. The predicted molar refractivity (Wildman–Crippen MR) is 72.6 cm³/mol. The van der Waals surface area contributed by atoms with Crippen LogP contribution in [0.1, 0.15) is 25.7 Å². The molecule has 2 saturated heterocycles. The molecule has 0 amide bonds. The van der Waals surface area contributed by atoms with E-state index in [4.69, 9.17) is 11.6 Å². The van der Waals surface area contributed by atoms with Crippen LogP contribution in [0.25, 0.3) is 0 Å². The molecule has 0 aliphatic carbocycles. The van der Waals surface area contributed by atoms with Crippen molar-refractivity contribution in [1.82, 2.24) is 4.90 Å². The fraction of sp³-hybridized carbons (Fsp3) is 0.571. The van der Waals surface area contributed by atoms with Crippen LogP contribution in [0.2, 0.25) is 5.02 Å². The Bertz CT molecular complexity index is 438. The molecule has 0 spiro atoms. The van der Waals surface area contributed by atoms with Gasteiger partial charge in [0.25, 0.3) is 0 Å². The van der Waals surface area contributed by atoms with Gasteiger partial charge in [-0.3, -0.25) is 4.90 Å². The first kappa shape index (κ1) is 12.2. The van der Waals surface area contributed by atoms with Gasteiger partial charge >= 0.3 is 0 Å². The molecule has 0 saturated carbocycles. The Labute approximate surface area is 112 Å². The minimum atomic E-state index is -0.236. The van der Waals surface area contributed by atoms with Crippen LogP contribution >= 0.6 is 11.6 Å². The van der Waals surface area contributed by atoms with Gasteiger partial charge in [0.15, 0.2) is 0 Å². The molecule has 2 aliphatic heterocycles. The lowest BCUT2D eigenvalue weighted by Gasteiger charge is -2.33. The van der Waals surface area contributed by atoms with Gasteiger partial charge in [-0.25, -0.2) is 4.39 Å². The zero-order valence-electron chi connectivity index (χ0n) is 10.3. The Kier molecular flexibility index (Phi) is 3.44. The van der Waals surface area contributed by atoms with Crippen LogP contribution in [0, 0.1) is 5.82 Å². The van der Waals surface area contributed by atoms with E-state index in [1.54, 1.807) is 6.07 Å². The van der Waals surface area contributed by atoms with E-state index in [9.17, 15) is 4.39 Å². The molecule has 3 rings (SSSR count). The van der Waals surface area contributed by atoms with E-state index in [2.05, 4.69) is 10.2 Å². The van der Waals surface area contributed by atoms with Crippen LogP contribution in [-0.4, -0.2) is 30.1 Å². The van der Waals surface area contributed by atoms with Gasteiger partial charge in [0.1, 0.15) is 5.82 Å². The smallest absolute Gasteiger partial charge is 0.125 e. The van der Waals surface area contributed by atoms with E-state index < -0.39 is 0 Å². The summed E-state index contributed by atoms with van der Waals surface area (Å²) in [6, 6.07) is 5.51. The minimum Gasteiger partial charge on any atom is -0.379 e. The summed E-state index contributed by atoms with van der Waals surface area (Å²) in [5.41, 5.74) is 0.731. The number of rotatable bonds is 2. The topological polar surface area (TPSA) is 15.3 Å². The summed E-state index contributed by atoms with van der Waals surface area (Å²) < 4.78 is 13.2. The summed E-state index contributed by atoms with van der Waals surface area (Å²) in [6.45, 7) is 2.36. The normalized spacial score (nSPS) is 28.1. The van der Waals surface area contributed by atoms with E-state index in [1.165, 1.54) is 37.9 Å². The van der Waals surface area contributed by atoms with Crippen molar-refractivity contribution >= 4 is 17.3 Å². The third-order valence-corrected chi connectivity index (χ3v) is 4.45. The molecular weight excluding hydrogens is 251 g/mol. The summed E-state index contributed by atoms with van der Waals surface area (Å²) >= 11 is 6.11. The van der Waals surface area contributed by atoms with Gasteiger partial charge in [-0.2, -0.15) is 0 Å². The summed E-state index contributed by atoms with van der Waals surface area (Å²) in [7, 11) is 0. The Balaban J connectivity index is 1.74. The maximum Gasteiger partial charge on any atom is 0.125 e. The van der Waals surface area contributed by atoms with Crippen LogP contribution in [0.3, 0.4) is 0 Å². The van der Waals surface area contributed by atoms with Crippen molar-refractivity contribution in [3.05, 3.63) is 29.0 Å². The molecule has 2 aliphatic rings. The number of nitrogens with zero attached hydrogens (tertiary/aromatic N) is 1. The standard InChI is InChI=1S/C14H18ClFN2/c15-11-5-4-10(16)9-13(11)17-12-6-8-18-7-2-1-3-14(12)18/h4-5,9,12,14,17H,1-3,6-8H2. The molecule has 0 radical (unpaired) electrons. The third-order valence-electron chi connectivity index (χ3n) is 4.13. The van der Waals surface area contributed by atoms with Crippen LogP contribution in [0.5, 0.6) is 0 Å². The molecule has 1 N–H and O–H groups in total. The van der Waals surface area contributed by atoms with Gasteiger partial charge in [0, 0.05) is 18.6 Å². The second-order valence-electron chi connectivity index (χ2n) is 5.26.